The van der Waals surface area contributed by atoms with Gasteiger partial charge in [-0.05, 0) is 55.0 Å². The number of hydrogen-bond donors (Lipinski definition) is 0. The summed E-state index contributed by atoms with van der Waals surface area (Å²) in [5, 5.41) is 0. The average Bonchev–Trinajstić information content (AvgIpc) is 3.61. The summed E-state index contributed by atoms with van der Waals surface area (Å²) in [5.41, 5.74) is -1.16. The van der Waals surface area contributed by atoms with E-state index in [0.29, 0.717) is 6.42 Å². The molecule has 0 aliphatic carbocycles. The molecule has 3 aromatic rings. The van der Waals surface area contributed by atoms with Gasteiger partial charge in [0, 0.05) is 6.54 Å². The lowest BCUT2D eigenvalue weighted by molar-refractivity contribution is 0.0425. The quantitative estimate of drug-likeness (QED) is 0.0930. The van der Waals surface area contributed by atoms with E-state index >= 15 is 0 Å². The lowest BCUT2D eigenvalue weighted by Crippen LogP contribution is -2.31. The van der Waals surface area contributed by atoms with E-state index in [2.05, 4.69) is 16.4 Å². The topological polar surface area (TPSA) is 177 Å². The van der Waals surface area contributed by atoms with Gasteiger partial charge in [-0.2, -0.15) is 0 Å². The maximum atomic E-state index is 13.6. The third-order valence-electron chi connectivity index (χ3n) is 7.95. The highest BCUT2D eigenvalue weighted by atomic mass is 16.6. The average molecular weight is 640 g/mol. The van der Waals surface area contributed by atoms with Gasteiger partial charge in [0.05, 0.1) is 44.5 Å². The molecule has 0 unspecified atom stereocenters. The first-order valence-corrected chi connectivity index (χ1v) is 14.9. The molecule has 13 heteroatoms. The van der Waals surface area contributed by atoms with Crippen molar-refractivity contribution in [3.05, 3.63) is 93.0 Å². The third kappa shape index (κ3) is 5.67. The van der Waals surface area contributed by atoms with E-state index in [1.54, 1.807) is 0 Å². The zero-order valence-electron chi connectivity index (χ0n) is 24.9. The number of amides is 2. The summed E-state index contributed by atoms with van der Waals surface area (Å²) in [6, 6.07) is 9.57. The minimum Gasteiger partial charge on any atom is -0.422 e. The second-order valence-corrected chi connectivity index (χ2v) is 11.0. The molecule has 0 spiro atoms. The molecule has 0 fully saturated rings. The second-order valence-electron chi connectivity index (χ2n) is 11.0. The Balaban J connectivity index is 1.29. The number of carbonyl (C=O) groups excluding carboxylic acids is 8. The van der Waals surface area contributed by atoms with Gasteiger partial charge in [0.25, 0.3) is 11.8 Å². The van der Waals surface area contributed by atoms with Crippen LogP contribution < -0.4 is 9.47 Å². The van der Waals surface area contributed by atoms with Gasteiger partial charge in [-0.1, -0.05) is 39.0 Å². The molecule has 238 valence electrons. The summed E-state index contributed by atoms with van der Waals surface area (Å²) in [7, 11) is 0. The minimum atomic E-state index is -0.999. The van der Waals surface area contributed by atoms with Crippen LogP contribution in [-0.4, -0.2) is 59.1 Å². The van der Waals surface area contributed by atoms with Gasteiger partial charge in [0.1, 0.15) is 11.5 Å². The smallest absolute Gasteiger partial charge is 0.346 e. The number of nitrogens with zero attached hydrogens (tertiary/aromatic N) is 1. The summed E-state index contributed by atoms with van der Waals surface area (Å²) >= 11 is 0. The van der Waals surface area contributed by atoms with E-state index in [0.717, 1.165) is 49.1 Å². The Morgan fingerprint density at radius 3 is 1.47 bits per heavy atom. The predicted octanol–water partition coefficient (Wildman–Crippen LogP) is 4.70. The molecule has 0 bridgehead atoms. The number of fused-ring (bicyclic) bond motifs is 3. The highest BCUT2D eigenvalue weighted by Crippen LogP contribution is 2.39. The highest BCUT2D eigenvalue weighted by molar-refractivity contribution is 6.24. The number of rotatable bonds is 11. The molecule has 3 aromatic carbocycles. The number of ether oxygens (including phenoxy) is 4. The van der Waals surface area contributed by atoms with Crippen molar-refractivity contribution in [3.8, 4) is 11.5 Å². The van der Waals surface area contributed by atoms with Crippen LogP contribution in [0.2, 0.25) is 0 Å². The van der Waals surface area contributed by atoms with E-state index in [-0.39, 0.29) is 62.6 Å². The number of unbranched alkanes of at least 4 members (excludes halogenated alkanes) is 5. The maximum absolute atomic E-state index is 13.6. The first-order chi connectivity index (χ1) is 22.6. The predicted molar refractivity (Wildman–Crippen MR) is 157 cm³/mol. The van der Waals surface area contributed by atoms with E-state index in [4.69, 9.17) is 9.47 Å². The van der Waals surface area contributed by atoms with E-state index in [1.807, 2.05) is 0 Å². The second kappa shape index (κ2) is 12.4. The SMILES string of the molecule is CCCCCCCCN1C(=O)c2c(OC(=O)c3ccc4c(c3)C(=O)OC4=O)ccc(OC(=O)c3ccc4c(c3)C(=O)OC4=O)c2C1=O. The summed E-state index contributed by atoms with van der Waals surface area (Å²) in [4.78, 5) is 102. The van der Waals surface area contributed by atoms with Crippen molar-refractivity contribution in [2.45, 2.75) is 45.4 Å². The van der Waals surface area contributed by atoms with Gasteiger partial charge in [-0.15, -0.1) is 0 Å². The van der Waals surface area contributed by atoms with Crippen LogP contribution in [0.3, 0.4) is 0 Å². The molecule has 0 saturated carbocycles. The number of benzene rings is 3. The Bertz CT molecular complexity index is 1810. The minimum absolute atomic E-state index is 0.0171. The standard InChI is InChI=1S/C34H25NO12/c1-2-3-4-5-6-7-14-35-27(36)25-23(44-29(38)17-8-10-19-21(15-17)33(42)46-31(19)40)12-13-24(26(25)28(35)37)45-30(39)18-9-11-20-22(16-18)34(43)47-32(20)41/h8-13,15-16H,2-7,14H2,1H3. The Morgan fingerprint density at radius 2 is 1.00 bits per heavy atom. The Morgan fingerprint density at radius 1 is 0.574 bits per heavy atom. The molecule has 0 N–H and O–H groups in total. The molecule has 2 amide bonds. The monoisotopic (exact) mass is 639 g/mol. The molecule has 0 aromatic heterocycles. The molecule has 3 aliphatic heterocycles. The molecular formula is C34H25NO12. The molecule has 13 nitrogen and oxygen atoms in total. The van der Waals surface area contributed by atoms with Crippen molar-refractivity contribution in [2.24, 2.45) is 0 Å². The summed E-state index contributed by atoms with van der Waals surface area (Å²) in [6.07, 6.45) is 5.35. The number of hydrogen-bond acceptors (Lipinski definition) is 12. The first kappa shape index (κ1) is 31.0. The molecule has 0 radical (unpaired) electrons. The van der Waals surface area contributed by atoms with Crippen molar-refractivity contribution in [1.82, 2.24) is 4.90 Å². The van der Waals surface area contributed by atoms with Gasteiger partial charge in [-0.3, -0.25) is 14.5 Å². The van der Waals surface area contributed by atoms with Crippen molar-refractivity contribution in [2.75, 3.05) is 6.54 Å². The van der Waals surface area contributed by atoms with Crippen LogP contribution in [-0.2, 0) is 9.47 Å². The van der Waals surface area contributed by atoms with E-state index in [1.165, 1.54) is 36.4 Å². The number of imide groups is 1. The van der Waals surface area contributed by atoms with Gasteiger partial charge >= 0.3 is 35.8 Å². The number of carbonyl (C=O) groups is 8. The molecule has 0 saturated heterocycles. The summed E-state index contributed by atoms with van der Waals surface area (Å²) in [6.45, 7) is 2.16. The molecule has 47 heavy (non-hydrogen) atoms. The molecule has 3 heterocycles. The van der Waals surface area contributed by atoms with Crippen molar-refractivity contribution >= 4 is 47.6 Å². The normalized spacial score (nSPS) is 14.5. The van der Waals surface area contributed by atoms with Crippen LogP contribution in [0.4, 0.5) is 0 Å². The van der Waals surface area contributed by atoms with Crippen LogP contribution in [0.5, 0.6) is 11.5 Å². The maximum Gasteiger partial charge on any atom is 0.346 e. The molecular weight excluding hydrogens is 614 g/mol. The van der Waals surface area contributed by atoms with E-state index < -0.39 is 47.6 Å². The fraction of sp³-hybridized carbons (Fsp3) is 0.235. The van der Waals surface area contributed by atoms with Gasteiger partial charge in [-0.25, -0.2) is 28.8 Å². The summed E-state index contributed by atoms with van der Waals surface area (Å²) < 4.78 is 20.1. The zero-order chi connectivity index (χ0) is 33.4. The van der Waals surface area contributed by atoms with Crippen LogP contribution in [0.25, 0.3) is 0 Å². The van der Waals surface area contributed by atoms with E-state index in [9.17, 15) is 38.4 Å². The van der Waals surface area contributed by atoms with Crippen molar-refractivity contribution in [3.63, 3.8) is 0 Å². The molecule has 3 aliphatic rings. The lowest BCUT2D eigenvalue weighted by atomic mass is 10.0. The van der Waals surface area contributed by atoms with Crippen molar-refractivity contribution < 1.29 is 57.3 Å². The number of cyclic esters (lactones) is 4. The van der Waals surface area contributed by atoms with Gasteiger partial charge in [0.15, 0.2) is 0 Å². The Kier molecular flexibility index (Phi) is 8.20. The van der Waals surface area contributed by atoms with Gasteiger partial charge < -0.3 is 18.9 Å². The van der Waals surface area contributed by atoms with Crippen molar-refractivity contribution in [1.29, 1.82) is 0 Å². The fourth-order valence-corrected chi connectivity index (χ4v) is 5.52. The summed E-state index contributed by atoms with van der Waals surface area (Å²) in [5.74, 6) is -7.68. The fourth-order valence-electron chi connectivity index (χ4n) is 5.52. The number of esters is 6. The van der Waals surface area contributed by atoms with Crippen LogP contribution in [0.15, 0.2) is 48.5 Å². The van der Waals surface area contributed by atoms with Crippen LogP contribution >= 0.6 is 0 Å². The zero-order valence-corrected chi connectivity index (χ0v) is 24.9. The van der Waals surface area contributed by atoms with Crippen LogP contribution in [0, 0.1) is 0 Å². The van der Waals surface area contributed by atoms with Crippen LogP contribution in [0.1, 0.15) is 128 Å². The Labute approximate surface area is 266 Å². The highest BCUT2D eigenvalue weighted by Gasteiger charge is 2.42. The molecule has 6 rings (SSSR count). The molecule has 0 atom stereocenters. The van der Waals surface area contributed by atoms with Gasteiger partial charge in [0.2, 0.25) is 0 Å². The third-order valence-corrected chi connectivity index (χ3v) is 7.95. The Hall–Kier alpha value is -5.98. The lowest BCUT2D eigenvalue weighted by Gasteiger charge is -2.13. The first-order valence-electron chi connectivity index (χ1n) is 14.9. The largest absolute Gasteiger partial charge is 0.422 e.